The molecular formula is C18H17FN4O. The fraction of sp³-hybridized carbons (Fsp3) is 0.111. The summed E-state index contributed by atoms with van der Waals surface area (Å²) >= 11 is 0. The molecule has 24 heavy (non-hydrogen) atoms. The number of halogens is 1. The van der Waals surface area contributed by atoms with E-state index in [1.54, 1.807) is 36.7 Å². The first-order valence-electron chi connectivity index (χ1n) is 7.49. The Morgan fingerprint density at radius 1 is 1.12 bits per heavy atom. The number of anilines is 1. The van der Waals surface area contributed by atoms with Crippen molar-refractivity contribution in [3.63, 3.8) is 0 Å². The fourth-order valence-electron chi connectivity index (χ4n) is 2.43. The number of hydrogen-bond acceptors (Lipinski definition) is 2. The van der Waals surface area contributed by atoms with Gasteiger partial charge in [-0.3, -0.25) is 0 Å². The average molecular weight is 324 g/mol. The number of aromatic nitrogens is 2. The molecule has 0 fully saturated rings. The molecule has 1 heterocycles. The summed E-state index contributed by atoms with van der Waals surface area (Å²) in [6, 6.07) is 14.3. The minimum atomic E-state index is -0.491. The third-order valence-electron chi connectivity index (χ3n) is 3.63. The minimum absolute atomic E-state index is 0.328. The van der Waals surface area contributed by atoms with Crippen molar-refractivity contribution in [2.75, 3.05) is 5.32 Å². The van der Waals surface area contributed by atoms with Crippen LogP contribution in [0.25, 0.3) is 0 Å². The number of nitrogens with one attached hydrogen (secondary N) is 2. The summed E-state index contributed by atoms with van der Waals surface area (Å²) < 4.78 is 15.0. The van der Waals surface area contributed by atoms with Crippen LogP contribution in [0.4, 0.5) is 14.9 Å². The zero-order valence-corrected chi connectivity index (χ0v) is 13.1. The molecule has 0 saturated heterocycles. The predicted molar refractivity (Wildman–Crippen MR) is 90.0 cm³/mol. The molecular weight excluding hydrogens is 307 g/mol. The van der Waals surface area contributed by atoms with Crippen LogP contribution in [0.1, 0.15) is 17.4 Å². The van der Waals surface area contributed by atoms with Crippen molar-refractivity contribution >= 4 is 11.7 Å². The zero-order valence-electron chi connectivity index (χ0n) is 13.1. The van der Waals surface area contributed by atoms with Crippen LogP contribution >= 0.6 is 0 Å². The largest absolute Gasteiger partial charge is 0.336 e. The SMILES string of the molecule is Cn1ccnc1C(NC(=O)Nc1ccccc1)c1ccc(F)cc1. The Morgan fingerprint density at radius 3 is 2.46 bits per heavy atom. The van der Waals surface area contributed by atoms with Crippen LogP contribution in [-0.2, 0) is 7.05 Å². The normalized spacial score (nSPS) is 11.8. The van der Waals surface area contributed by atoms with Gasteiger partial charge in [0.1, 0.15) is 17.7 Å². The van der Waals surface area contributed by atoms with Crippen LogP contribution in [0.15, 0.2) is 67.0 Å². The van der Waals surface area contributed by atoms with Gasteiger partial charge in [0.25, 0.3) is 0 Å². The Hall–Kier alpha value is -3.15. The van der Waals surface area contributed by atoms with Crippen LogP contribution in [0.5, 0.6) is 0 Å². The number of carbonyl (C=O) groups is 1. The lowest BCUT2D eigenvalue weighted by Crippen LogP contribution is -2.34. The highest BCUT2D eigenvalue weighted by Gasteiger charge is 2.20. The fourth-order valence-corrected chi connectivity index (χ4v) is 2.43. The number of nitrogens with zero attached hydrogens (tertiary/aromatic N) is 2. The highest BCUT2D eigenvalue weighted by Crippen LogP contribution is 2.21. The molecule has 0 aliphatic rings. The van der Waals surface area contributed by atoms with E-state index >= 15 is 0 Å². The maximum atomic E-state index is 13.2. The van der Waals surface area contributed by atoms with Crippen molar-refractivity contribution in [3.8, 4) is 0 Å². The summed E-state index contributed by atoms with van der Waals surface area (Å²) in [5.41, 5.74) is 1.43. The molecule has 1 aromatic heterocycles. The number of benzene rings is 2. The number of para-hydroxylation sites is 1. The maximum Gasteiger partial charge on any atom is 0.320 e. The Morgan fingerprint density at radius 2 is 1.83 bits per heavy atom. The minimum Gasteiger partial charge on any atom is -0.336 e. The topological polar surface area (TPSA) is 59.0 Å². The Labute approximate surface area is 139 Å². The zero-order chi connectivity index (χ0) is 16.9. The molecule has 6 heteroatoms. The molecule has 2 amide bonds. The summed E-state index contributed by atoms with van der Waals surface area (Å²) in [5.74, 6) is 0.330. The van der Waals surface area contributed by atoms with E-state index in [0.717, 1.165) is 5.56 Å². The summed E-state index contributed by atoms with van der Waals surface area (Å²) in [4.78, 5) is 16.6. The summed E-state index contributed by atoms with van der Waals surface area (Å²) in [6.07, 6.45) is 3.45. The number of urea groups is 1. The lowest BCUT2D eigenvalue weighted by Gasteiger charge is -2.19. The van der Waals surface area contributed by atoms with Crippen molar-refractivity contribution in [2.45, 2.75) is 6.04 Å². The first-order chi connectivity index (χ1) is 11.6. The van der Waals surface area contributed by atoms with E-state index in [1.165, 1.54) is 12.1 Å². The molecule has 2 aromatic carbocycles. The summed E-state index contributed by atoms with van der Waals surface area (Å²) in [7, 11) is 1.84. The van der Waals surface area contributed by atoms with Crippen molar-refractivity contribution < 1.29 is 9.18 Å². The van der Waals surface area contributed by atoms with Crippen molar-refractivity contribution in [3.05, 3.63) is 84.2 Å². The van der Waals surface area contributed by atoms with E-state index in [4.69, 9.17) is 0 Å². The number of amides is 2. The van der Waals surface area contributed by atoms with E-state index < -0.39 is 6.04 Å². The predicted octanol–water partition coefficient (Wildman–Crippen LogP) is 3.47. The summed E-state index contributed by atoms with van der Waals surface area (Å²) in [6.45, 7) is 0. The third-order valence-corrected chi connectivity index (χ3v) is 3.63. The molecule has 0 aliphatic carbocycles. The number of rotatable bonds is 4. The third kappa shape index (κ3) is 3.60. The first-order valence-corrected chi connectivity index (χ1v) is 7.49. The van der Waals surface area contributed by atoms with Crippen LogP contribution < -0.4 is 10.6 Å². The Kier molecular flexibility index (Phi) is 4.56. The standard InChI is InChI=1S/C18H17FN4O/c1-23-12-11-20-17(23)16(13-7-9-14(19)10-8-13)22-18(24)21-15-5-3-2-4-6-15/h2-12,16H,1H3,(H2,21,22,24). The second-order valence-electron chi connectivity index (χ2n) is 5.35. The van der Waals surface area contributed by atoms with Gasteiger partial charge >= 0.3 is 6.03 Å². The van der Waals surface area contributed by atoms with E-state index in [0.29, 0.717) is 11.5 Å². The molecule has 0 spiro atoms. The highest BCUT2D eigenvalue weighted by molar-refractivity contribution is 5.89. The molecule has 122 valence electrons. The second kappa shape index (κ2) is 6.95. The molecule has 0 aliphatic heterocycles. The molecule has 3 rings (SSSR count). The monoisotopic (exact) mass is 324 g/mol. The Balaban J connectivity index is 1.84. The lowest BCUT2D eigenvalue weighted by atomic mass is 10.1. The van der Waals surface area contributed by atoms with Crippen LogP contribution in [0.2, 0.25) is 0 Å². The highest BCUT2D eigenvalue weighted by atomic mass is 19.1. The Bertz CT molecular complexity index is 815. The van der Waals surface area contributed by atoms with Crippen LogP contribution in [0, 0.1) is 5.82 Å². The van der Waals surface area contributed by atoms with E-state index in [9.17, 15) is 9.18 Å². The van der Waals surface area contributed by atoms with E-state index in [1.807, 2.05) is 29.8 Å². The number of carbonyl (C=O) groups excluding carboxylic acids is 1. The van der Waals surface area contributed by atoms with Gasteiger partial charge in [0.2, 0.25) is 0 Å². The van der Waals surface area contributed by atoms with Gasteiger partial charge < -0.3 is 15.2 Å². The maximum absolute atomic E-state index is 13.2. The van der Waals surface area contributed by atoms with Gasteiger partial charge in [-0.05, 0) is 29.8 Å². The average Bonchev–Trinajstić information content (AvgIpc) is 3.00. The summed E-state index contributed by atoms with van der Waals surface area (Å²) in [5, 5.41) is 5.66. The van der Waals surface area contributed by atoms with E-state index in [-0.39, 0.29) is 11.8 Å². The molecule has 1 unspecified atom stereocenters. The molecule has 5 nitrogen and oxygen atoms in total. The van der Waals surface area contributed by atoms with Gasteiger partial charge in [0.15, 0.2) is 0 Å². The number of aryl methyl sites for hydroxylation is 1. The quantitative estimate of drug-likeness (QED) is 0.772. The van der Waals surface area contributed by atoms with Gasteiger partial charge in [-0.15, -0.1) is 0 Å². The van der Waals surface area contributed by atoms with Crippen molar-refractivity contribution in [2.24, 2.45) is 7.05 Å². The van der Waals surface area contributed by atoms with Gasteiger partial charge in [0.05, 0.1) is 0 Å². The molecule has 3 aromatic rings. The lowest BCUT2D eigenvalue weighted by molar-refractivity contribution is 0.249. The van der Waals surface area contributed by atoms with Crippen molar-refractivity contribution in [1.82, 2.24) is 14.9 Å². The van der Waals surface area contributed by atoms with Crippen molar-refractivity contribution in [1.29, 1.82) is 0 Å². The van der Waals surface area contributed by atoms with Gasteiger partial charge in [-0.1, -0.05) is 30.3 Å². The van der Waals surface area contributed by atoms with Crippen LogP contribution in [-0.4, -0.2) is 15.6 Å². The molecule has 0 saturated carbocycles. The van der Waals surface area contributed by atoms with Gasteiger partial charge in [0, 0.05) is 25.1 Å². The van der Waals surface area contributed by atoms with Gasteiger partial charge in [-0.25, -0.2) is 14.2 Å². The van der Waals surface area contributed by atoms with E-state index in [2.05, 4.69) is 15.6 Å². The number of hydrogen-bond donors (Lipinski definition) is 2. The second-order valence-corrected chi connectivity index (χ2v) is 5.35. The molecule has 0 radical (unpaired) electrons. The molecule has 1 atom stereocenters. The molecule has 2 N–H and O–H groups in total. The van der Waals surface area contributed by atoms with Gasteiger partial charge in [-0.2, -0.15) is 0 Å². The first kappa shape index (κ1) is 15.7. The van der Waals surface area contributed by atoms with Crippen LogP contribution in [0.3, 0.4) is 0 Å². The smallest absolute Gasteiger partial charge is 0.320 e. The number of imidazole rings is 1. The molecule has 0 bridgehead atoms.